The van der Waals surface area contributed by atoms with Crippen LogP contribution < -0.4 is 16.2 Å². The third kappa shape index (κ3) is 3.18. The van der Waals surface area contributed by atoms with Gasteiger partial charge in [-0.25, -0.2) is 4.68 Å². The lowest BCUT2D eigenvalue weighted by atomic mass is 10.1. The largest absolute Gasteiger partial charge is 0.496 e. The zero-order valence-corrected chi connectivity index (χ0v) is 13.5. The molecule has 126 valence electrons. The van der Waals surface area contributed by atoms with Gasteiger partial charge in [0.15, 0.2) is 0 Å². The van der Waals surface area contributed by atoms with Crippen molar-refractivity contribution in [2.45, 2.75) is 0 Å². The average molecular weight is 335 g/mol. The van der Waals surface area contributed by atoms with E-state index in [1.807, 2.05) is 6.07 Å². The van der Waals surface area contributed by atoms with Gasteiger partial charge in [0.1, 0.15) is 23.1 Å². The number of hydrogen-bond donors (Lipinski definition) is 4. The zero-order chi connectivity index (χ0) is 18.0. The molecule has 0 fully saturated rings. The summed E-state index contributed by atoms with van der Waals surface area (Å²) in [6.45, 7) is 0. The molecule has 2 aromatic carbocycles. The van der Waals surface area contributed by atoms with Crippen LogP contribution in [0.1, 0.15) is 11.1 Å². The van der Waals surface area contributed by atoms with Crippen molar-refractivity contribution in [2.24, 2.45) is 11.5 Å². The molecule has 6 N–H and O–H groups in total. The minimum Gasteiger partial charge on any atom is -0.496 e. The number of hydrogen-bond acceptors (Lipinski definition) is 5. The molecule has 1 aromatic heterocycles. The van der Waals surface area contributed by atoms with Crippen molar-refractivity contribution in [3.8, 4) is 22.7 Å². The number of nitrogens with one attached hydrogen (secondary N) is 2. The molecule has 0 saturated heterocycles. The van der Waals surface area contributed by atoms with Gasteiger partial charge in [0.2, 0.25) is 0 Å². The van der Waals surface area contributed by atoms with Crippen molar-refractivity contribution < 1.29 is 4.74 Å². The van der Waals surface area contributed by atoms with Gasteiger partial charge < -0.3 is 16.2 Å². The lowest BCUT2D eigenvalue weighted by Crippen LogP contribution is -2.11. The fourth-order valence-electron chi connectivity index (χ4n) is 2.40. The standard InChI is InChI=1S/C17H17N7O/c1-25-15-8-11(17(20)21)5-6-13(15)14-9-24(23-22-14)12-4-2-3-10(7-12)16(18)19/h2-9H,1H3,(H3,18,19)(H3,20,21). The number of ether oxygens (including phenoxy) is 1. The first-order valence-electron chi connectivity index (χ1n) is 7.39. The molecule has 25 heavy (non-hydrogen) atoms. The van der Waals surface area contributed by atoms with Crippen molar-refractivity contribution in [1.82, 2.24) is 15.0 Å². The molecular weight excluding hydrogens is 318 g/mol. The summed E-state index contributed by atoms with van der Waals surface area (Å²) in [5.41, 5.74) is 14.3. The highest BCUT2D eigenvalue weighted by atomic mass is 16.5. The molecule has 0 radical (unpaired) electrons. The molecule has 0 spiro atoms. The summed E-state index contributed by atoms with van der Waals surface area (Å²) in [6, 6.07) is 12.4. The van der Waals surface area contributed by atoms with Gasteiger partial charge in [-0.2, -0.15) is 0 Å². The van der Waals surface area contributed by atoms with Crippen LogP contribution in [-0.4, -0.2) is 33.8 Å². The van der Waals surface area contributed by atoms with Crippen molar-refractivity contribution in [2.75, 3.05) is 7.11 Å². The normalized spacial score (nSPS) is 10.4. The monoisotopic (exact) mass is 335 g/mol. The Morgan fingerprint density at radius 2 is 1.76 bits per heavy atom. The lowest BCUT2D eigenvalue weighted by Gasteiger charge is -2.08. The Morgan fingerprint density at radius 3 is 2.44 bits per heavy atom. The number of nitrogens with zero attached hydrogens (tertiary/aromatic N) is 3. The Morgan fingerprint density at radius 1 is 1.04 bits per heavy atom. The van der Waals surface area contributed by atoms with Crippen molar-refractivity contribution in [1.29, 1.82) is 10.8 Å². The molecule has 0 aliphatic carbocycles. The third-order valence-corrected chi connectivity index (χ3v) is 3.70. The zero-order valence-electron chi connectivity index (χ0n) is 13.5. The molecule has 1 heterocycles. The van der Waals surface area contributed by atoms with Crippen LogP contribution in [0, 0.1) is 10.8 Å². The van der Waals surface area contributed by atoms with Crippen molar-refractivity contribution in [3.05, 3.63) is 59.8 Å². The smallest absolute Gasteiger partial charge is 0.129 e. The second-order valence-corrected chi connectivity index (χ2v) is 5.34. The number of nitrogen functional groups attached to an aromatic ring is 2. The maximum absolute atomic E-state index is 7.53. The van der Waals surface area contributed by atoms with Crippen LogP contribution in [0.3, 0.4) is 0 Å². The first-order valence-corrected chi connectivity index (χ1v) is 7.39. The molecule has 8 heteroatoms. The van der Waals surface area contributed by atoms with E-state index in [1.165, 1.54) is 0 Å². The van der Waals surface area contributed by atoms with Gasteiger partial charge >= 0.3 is 0 Å². The van der Waals surface area contributed by atoms with E-state index in [4.69, 9.17) is 27.0 Å². The molecular formula is C17H17N7O. The molecule has 3 aromatic rings. The van der Waals surface area contributed by atoms with E-state index in [9.17, 15) is 0 Å². The molecule has 0 unspecified atom stereocenters. The minimum atomic E-state index is -0.0328. The second-order valence-electron chi connectivity index (χ2n) is 5.34. The first-order chi connectivity index (χ1) is 12.0. The predicted octanol–water partition coefficient (Wildman–Crippen LogP) is 1.51. The lowest BCUT2D eigenvalue weighted by molar-refractivity contribution is 0.416. The number of amidine groups is 2. The molecule has 0 aliphatic heterocycles. The topological polar surface area (TPSA) is 140 Å². The molecule has 0 saturated carbocycles. The number of methoxy groups -OCH3 is 1. The second kappa shape index (κ2) is 6.44. The average Bonchev–Trinajstić information content (AvgIpc) is 3.11. The van der Waals surface area contributed by atoms with Gasteiger partial charge in [-0.3, -0.25) is 10.8 Å². The summed E-state index contributed by atoms with van der Waals surface area (Å²) in [6.07, 6.45) is 1.75. The summed E-state index contributed by atoms with van der Waals surface area (Å²) in [4.78, 5) is 0. The van der Waals surface area contributed by atoms with Crippen molar-refractivity contribution in [3.63, 3.8) is 0 Å². The first kappa shape index (κ1) is 16.2. The van der Waals surface area contributed by atoms with E-state index < -0.39 is 0 Å². The summed E-state index contributed by atoms with van der Waals surface area (Å²) in [7, 11) is 1.55. The maximum Gasteiger partial charge on any atom is 0.129 e. The van der Waals surface area contributed by atoms with Gasteiger partial charge in [0.05, 0.1) is 19.0 Å². The fraction of sp³-hybridized carbons (Fsp3) is 0.0588. The van der Waals surface area contributed by atoms with Gasteiger partial charge in [-0.15, -0.1) is 5.10 Å². The van der Waals surface area contributed by atoms with Gasteiger partial charge in [0, 0.05) is 16.7 Å². The third-order valence-electron chi connectivity index (χ3n) is 3.70. The SMILES string of the molecule is COc1cc(C(=N)N)ccc1-c1cn(-c2cccc(C(=N)N)c2)nn1. The van der Waals surface area contributed by atoms with E-state index in [1.54, 1.807) is 54.4 Å². The summed E-state index contributed by atoms with van der Waals surface area (Å²) >= 11 is 0. The molecule has 0 atom stereocenters. The van der Waals surface area contributed by atoms with E-state index >= 15 is 0 Å². The van der Waals surface area contributed by atoms with Crippen LogP contribution in [0.15, 0.2) is 48.7 Å². The van der Waals surface area contributed by atoms with E-state index in [0.717, 1.165) is 11.3 Å². The highest BCUT2D eigenvalue weighted by Gasteiger charge is 2.13. The van der Waals surface area contributed by atoms with Crippen molar-refractivity contribution >= 4 is 11.7 Å². The van der Waals surface area contributed by atoms with Crippen LogP contribution in [0.25, 0.3) is 16.9 Å². The number of benzene rings is 2. The van der Waals surface area contributed by atoms with Crippen LogP contribution >= 0.6 is 0 Å². The Bertz CT molecular complexity index is 961. The van der Waals surface area contributed by atoms with E-state index in [2.05, 4.69) is 10.3 Å². The van der Waals surface area contributed by atoms with Gasteiger partial charge in [-0.1, -0.05) is 23.4 Å². The Labute approximate surface area is 144 Å². The highest BCUT2D eigenvalue weighted by molar-refractivity contribution is 5.96. The van der Waals surface area contributed by atoms with Crippen LogP contribution in [0.4, 0.5) is 0 Å². The van der Waals surface area contributed by atoms with E-state index in [-0.39, 0.29) is 11.7 Å². The minimum absolute atomic E-state index is 0.0105. The maximum atomic E-state index is 7.53. The van der Waals surface area contributed by atoms with Gasteiger partial charge in [0.25, 0.3) is 0 Å². The fourth-order valence-corrected chi connectivity index (χ4v) is 2.40. The quantitative estimate of drug-likeness (QED) is 0.413. The molecule has 3 rings (SSSR count). The van der Waals surface area contributed by atoms with Crippen LogP contribution in [0.2, 0.25) is 0 Å². The summed E-state index contributed by atoms with van der Waals surface area (Å²) < 4.78 is 6.98. The molecule has 0 aliphatic rings. The number of rotatable bonds is 5. The molecule has 0 bridgehead atoms. The molecule has 8 nitrogen and oxygen atoms in total. The predicted molar refractivity (Wildman–Crippen MR) is 95.4 cm³/mol. The number of aromatic nitrogens is 3. The Hall–Kier alpha value is -3.68. The van der Waals surface area contributed by atoms with Crippen LogP contribution in [-0.2, 0) is 0 Å². The highest BCUT2D eigenvalue weighted by Crippen LogP contribution is 2.29. The molecule has 0 amide bonds. The number of nitrogens with two attached hydrogens (primary N) is 2. The summed E-state index contributed by atoms with van der Waals surface area (Å²) in [5.74, 6) is 0.510. The van der Waals surface area contributed by atoms with E-state index in [0.29, 0.717) is 22.6 Å². The van der Waals surface area contributed by atoms with Crippen LogP contribution in [0.5, 0.6) is 5.75 Å². The Balaban J connectivity index is 2.00. The summed E-state index contributed by atoms with van der Waals surface area (Å²) in [5, 5.41) is 23.4. The van der Waals surface area contributed by atoms with Gasteiger partial charge in [-0.05, 0) is 24.3 Å². The Kier molecular flexibility index (Phi) is 4.17.